The summed E-state index contributed by atoms with van der Waals surface area (Å²) in [6.07, 6.45) is 0. The van der Waals surface area contributed by atoms with Crippen LogP contribution in [0.25, 0.3) is 0 Å². The van der Waals surface area contributed by atoms with Crippen LogP contribution < -0.4 is 16.8 Å². The lowest BCUT2D eigenvalue weighted by atomic mass is 10.2. The third kappa shape index (κ3) is 3.31. The fourth-order valence-electron chi connectivity index (χ4n) is 0.510. The minimum Gasteiger partial charge on any atom is -0.394 e. The zero-order valence-electron chi connectivity index (χ0n) is 6.78. The molecule has 0 saturated carbocycles. The maximum Gasteiger partial charge on any atom is 0.242 e. The summed E-state index contributed by atoms with van der Waals surface area (Å²) in [5.41, 5.74) is 10.0. The molecule has 0 aliphatic rings. The van der Waals surface area contributed by atoms with Crippen LogP contribution in [0.3, 0.4) is 0 Å². The zero-order chi connectivity index (χ0) is 9.72. The van der Waals surface area contributed by atoms with Crippen LogP contribution >= 0.6 is 0 Å². The van der Waals surface area contributed by atoms with Gasteiger partial charge in [-0.25, -0.2) is 0 Å². The molecule has 0 aromatic rings. The molecule has 0 spiro atoms. The summed E-state index contributed by atoms with van der Waals surface area (Å²) >= 11 is 0. The highest BCUT2D eigenvalue weighted by Gasteiger charge is 2.18. The van der Waals surface area contributed by atoms with Crippen molar-refractivity contribution in [2.75, 3.05) is 6.61 Å². The van der Waals surface area contributed by atoms with Gasteiger partial charge in [0, 0.05) is 0 Å². The highest BCUT2D eigenvalue weighted by atomic mass is 16.3. The van der Waals surface area contributed by atoms with Crippen LogP contribution in [0, 0.1) is 0 Å². The van der Waals surface area contributed by atoms with Gasteiger partial charge in [0.1, 0.15) is 6.04 Å². The smallest absolute Gasteiger partial charge is 0.242 e. The molecule has 70 valence electrons. The SMILES string of the molecule is C[C@H](N)C(=O)N[C@@H](CO)C(N)=O. The lowest BCUT2D eigenvalue weighted by molar-refractivity contribution is -0.128. The van der Waals surface area contributed by atoms with Crippen LogP contribution in [0.5, 0.6) is 0 Å². The van der Waals surface area contributed by atoms with Crippen LogP contribution in [0.1, 0.15) is 6.92 Å². The second-order valence-corrected chi connectivity index (χ2v) is 2.43. The zero-order valence-corrected chi connectivity index (χ0v) is 6.78. The van der Waals surface area contributed by atoms with Gasteiger partial charge in [0.15, 0.2) is 0 Å². The van der Waals surface area contributed by atoms with Crippen LogP contribution in [0.15, 0.2) is 0 Å². The molecule has 6 N–H and O–H groups in total. The average molecular weight is 175 g/mol. The molecule has 0 aliphatic carbocycles. The van der Waals surface area contributed by atoms with E-state index in [1.54, 1.807) is 0 Å². The summed E-state index contributed by atoms with van der Waals surface area (Å²) < 4.78 is 0. The van der Waals surface area contributed by atoms with Crippen molar-refractivity contribution in [3.05, 3.63) is 0 Å². The maximum atomic E-state index is 10.9. The molecule has 0 fully saturated rings. The Hall–Kier alpha value is -1.14. The molecule has 12 heavy (non-hydrogen) atoms. The number of rotatable bonds is 4. The number of hydrogen-bond donors (Lipinski definition) is 4. The highest BCUT2D eigenvalue weighted by Crippen LogP contribution is 1.82. The van der Waals surface area contributed by atoms with Crippen molar-refractivity contribution < 1.29 is 14.7 Å². The Balaban J connectivity index is 4.03. The van der Waals surface area contributed by atoms with E-state index in [2.05, 4.69) is 5.32 Å². The number of hydrogen-bond acceptors (Lipinski definition) is 4. The van der Waals surface area contributed by atoms with E-state index in [1.165, 1.54) is 6.92 Å². The number of nitrogens with one attached hydrogen (secondary N) is 1. The second-order valence-electron chi connectivity index (χ2n) is 2.43. The van der Waals surface area contributed by atoms with E-state index in [-0.39, 0.29) is 0 Å². The van der Waals surface area contributed by atoms with Crippen LogP contribution in [-0.4, -0.2) is 35.6 Å². The normalized spacial score (nSPS) is 14.9. The number of carbonyl (C=O) groups excluding carboxylic acids is 2. The molecule has 0 unspecified atom stereocenters. The van der Waals surface area contributed by atoms with E-state index in [0.717, 1.165) is 0 Å². The first-order valence-corrected chi connectivity index (χ1v) is 3.45. The molecule has 0 aromatic heterocycles. The Bertz CT molecular complexity index is 181. The molecule has 0 saturated heterocycles. The van der Waals surface area contributed by atoms with Crippen molar-refractivity contribution in [3.8, 4) is 0 Å². The van der Waals surface area contributed by atoms with Gasteiger partial charge in [-0.1, -0.05) is 0 Å². The van der Waals surface area contributed by atoms with Gasteiger partial charge in [-0.2, -0.15) is 0 Å². The molecule has 2 amide bonds. The number of amides is 2. The molecule has 2 atom stereocenters. The molecule has 0 radical (unpaired) electrons. The van der Waals surface area contributed by atoms with Crippen molar-refractivity contribution in [2.24, 2.45) is 11.5 Å². The molecular formula is C6H13N3O3. The molecule has 6 heteroatoms. The van der Waals surface area contributed by atoms with Gasteiger partial charge in [-0.05, 0) is 6.92 Å². The first-order valence-electron chi connectivity index (χ1n) is 3.45. The molecule has 0 rings (SSSR count). The molecule has 0 bridgehead atoms. The minimum atomic E-state index is -1.05. The molecular weight excluding hydrogens is 162 g/mol. The van der Waals surface area contributed by atoms with Gasteiger partial charge in [-0.15, -0.1) is 0 Å². The standard InChI is InChI=1S/C6H13N3O3/c1-3(7)6(12)9-4(2-10)5(8)11/h3-4,10H,2,7H2,1H3,(H2,8,11)(H,9,12)/t3-,4-/m0/s1. The molecule has 6 nitrogen and oxygen atoms in total. The van der Waals surface area contributed by atoms with E-state index in [9.17, 15) is 9.59 Å². The van der Waals surface area contributed by atoms with E-state index in [4.69, 9.17) is 16.6 Å². The van der Waals surface area contributed by atoms with Crippen molar-refractivity contribution in [2.45, 2.75) is 19.0 Å². The summed E-state index contributed by atoms with van der Waals surface area (Å²) in [7, 11) is 0. The van der Waals surface area contributed by atoms with Gasteiger partial charge in [-0.3, -0.25) is 9.59 Å². The lowest BCUT2D eigenvalue weighted by Crippen LogP contribution is -2.51. The minimum absolute atomic E-state index is 0.520. The third-order valence-electron chi connectivity index (χ3n) is 1.26. The summed E-state index contributed by atoms with van der Waals surface area (Å²) in [5, 5.41) is 10.7. The Morgan fingerprint density at radius 3 is 2.33 bits per heavy atom. The van der Waals surface area contributed by atoms with Crippen molar-refractivity contribution in [3.63, 3.8) is 0 Å². The second kappa shape index (κ2) is 4.68. The van der Waals surface area contributed by atoms with Gasteiger partial charge < -0.3 is 21.9 Å². The van der Waals surface area contributed by atoms with Gasteiger partial charge in [0.05, 0.1) is 12.6 Å². The van der Waals surface area contributed by atoms with Crippen molar-refractivity contribution in [1.29, 1.82) is 0 Å². The molecule has 0 aromatic carbocycles. The van der Waals surface area contributed by atoms with E-state index in [1.807, 2.05) is 0 Å². The van der Waals surface area contributed by atoms with Crippen LogP contribution in [0.2, 0.25) is 0 Å². The molecule has 0 heterocycles. The van der Waals surface area contributed by atoms with Crippen molar-refractivity contribution in [1.82, 2.24) is 5.32 Å². The number of carbonyl (C=O) groups is 2. The fraction of sp³-hybridized carbons (Fsp3) is 0.667. The Morgan fingerprint density at radius 2 is 2.08 bits per heavy atom. The molecule has 0 aliphatic heterocycles. The summed E-state index contributed by atoms with van der Waals surface area (Å²) in [5.74, 6) is -1.31. The predicted octanol–water partition coefficient (Wildman–Crippen LogP) is -2.70. The van der Waals surface area contributed by atoms with Gasteiger partial charge in [0.25, 0.3) is 0 Å². The third-order valence-corrected chi connectivity index (χ3v) is 1.26. The monoisotopic (exact) mass is 175 g/mol. The van der Waals surface area contributed by atoms with Crippen molar-refractivity contribution >= 4 is 11.8 Å². The fourth-order valence-corrected chi connectivity index (χ4v) is 0.510. The topological polar surface area (TPSA) is 118 Å². The number of primary amides is 1. The summed E-state index contributed by atoms with van der Waals surface area (Å²) in [6, 6.07) is -1.78. The van der Waals surface area contributed by atoms with Gasteiger partial charge >= 0.3 is 0 Å². The maximum absolute atomic E-state index is 10.9. The number of aliphatic hydroxyl groups excluding tert-OH is 1. The van der Waals surface area contributed by atoms with E-state index >= 15 is 0 Å². The summed E-state index contributed by atoms with van der Waals surface area (Å²) in [6.45, 7) is 0.943. The lowest BCUT2D eigenvalue weighted by Gasteiger charge is -2.13. The first-order chi connectivity index (χ1) is 5.49. The first kappa shape index (κ1) is 10.9. The Kier molecular flexibility index (Phi) is 4.24. The Labute approximate surface area is 69.9 Å². The highest BCUT2D eigenvalue weighted by molar-refractivity contribution is 5.88. The Morgan fingerprint density at radius 1 is 1.58 bits per heavy atom. The van der Waals surface area contributed by atoms with E-state index < -0.39 is 30.5 Å². The van der Waals surface area contributed by atoms with Crippen LogP contribution in [0.4, 0.5) is 0 Å². The number of nitrogens with two attached hydrogens (primary N) is 2. The predicted molar refractivity (Wildman–Crippen MR) is 41.9 cm³/mol. The van der Waals surface area contributed by atoms with Gasteiger partial charge in [0.2, 0.25) is 11.8 Å². The largest absolute Gasteiger partial charge is 0.394 e. The van der Waals surface area contributed by atoms with E-state index in [0.29, 0.717) is 0 Å². The summed E-state index contributed by atoms with van der Waals surface area (Å²) in [4.78, 5) is 21.4. The number of aliphatic hydroxyl groups is 1. The van der Waals surface area contributed by atoms with Crippen LogP contribution in [-0.2, 0) is 9.59 Å². The quantitative estimate of drug-likeness (QED) is 0.371. The average Bonchev–Trinajstić information content (AvgIpc) is 1.98.